The minimum Gasteiger partial charge on any atom is -0.497 e. The highest BCUT2D eigenvalue weighted by Gasteiger charge is 2.17. The lowest BCUT2D eigenvalue weighted by atomic mass is 10.00. The second-order valence-corrected chi connectivity index (χ2v) is 5.59. The van der Waals surface area contributed by atoms with Crippen LogP contribution in [0.15, 0.2) is 83.9 Å². The van der Waals surface area contributed by atoms with Crippen molar-refractivity contribution in [1.29, 1.82) is 0 Å². The van der Waals surface area contributed by atoms with Gasteiger partial charge in [-0.15, -0.1) is 0 Å². The molecule has 0 heterocycles. The van der Waals surface area contributed by atoms with Gasteiger partial charge in [-0.3, -0.25) is 4.79 Å². The van der Waals surface area contributed by atoms with Crippen molar-refractivity contribution in [3.8, 4) is 11.5 Å². The first kappa shape index (κ1) is 17.4. The van der Waals surface area contributed by atoms with Gasteiger partial charge in [0, 0.05) is 11.1 Å². The minimum atomic E-state index is -0.169. The maximum absolute atomic E-state index is 13.2. The Hall–Kier alpha value is -3.40. The molecule has 0 aliphatic rings. The molecule has 3 aromatic rings. The van der Waals surface area contributed by atoms with Gasteiger partial charge in [0.05, 0.1) is 19.9 Å². The average Bonchev–Trinajstić information content (AvgIpc) is 2.72. The van der Waals surface area contributed by atoms with Crippen molar-refractivity contribution < 1.29 is 14.3 Å². The lowest BCUT2D eigenvalue weighted by Gasteiger charge is -2.09. The summed E-state index contributed by atoms with van der Waals surface area (Å²) in [6, 6.07) is 23.8. The molecule has 3 aromatic carbocycles. The summed E-state index contributed by atoms with van der Waals surface area (Å²) in [6.45, 7) is 0. The van der Waals surface area contributed by atoms with Crippen molar-refractivity contribution in [1.82, 2.24) is 0 Å². The van der Waals surface area contributed by atoms with Gasteiger partial charge >= 0.3 is 0 Å². The zero-order valence-electron chi connectivity index (χ0n) is 14.7. The predicted molar refractivity (Wildman–Crippen MR) is 103 cm³/mol. The molecule has 0 radical (unpaired) electrons. The van der Waals surface area contributed by atoms with Crippen LogP contribution in [-0.4, -0.2) is 25.7 Å². The van der Waals surface area contributed by atoms with Gasteiger partial charge in [-0.05, 0) is 48.5 Å². The molecule has 0 aromatic heterocycles. The Morgan fingerprint density at radius 2 is 1.42 bits per heavy atom. The molecule has 3 rings (SSSR count). The summed E-state index contributed by atoms with van der Waals surface area (Å²) >= 11 is 0. The van der Waals surface area contributed by atoms with Crippen molar-refractivity contribution in [2.45, 2.75) is 0 Å². The molecule has 0 saturated heterocycles. The molecule has 0 spiro atoms. The monoisotopic (exact) mass is 345 g/mol. The zero-order chi connectivity index (χ0) is 18.4. The third-order valence-corrected chi connectivity index (χ3v) is 3.91. The Balaban J connectivity index is 2.07. The largest absolute Gasteiger partial charge is 0.497 e. The van der Waals surface area contributed by atoms with Crippen molar-refractivity contribution in [3.05, 3.63) is 90.0 Å². The summed E-state index contributed by atoms with van der Waals surface area (Å²) in [5.41, 5.74) is 2.33. The molecule has 0 aliphatic heterocycles. The number of hydrogen-bond acceptors (Lipinski definition) is 4. The number of rotatable bonds is 6. The summed E-state index contributed by atoms with van der Waals surface area (Å²) in [5, 5.41) is 0. The van der Waals surface area contributed by atoms with Crippen LogP contribution in [0.3, 0.4) is 0 Å². The molecule has 4 nitrogen and oxygen atoms in total. The molecule has 0 fully saturated rings. The van der Waals surface area contributed by atoms with Crippen LogP contribution >= 0.6 is 0 Å². The van der Waals surface area contributed by atoms with Gasteiger partial charge in [-0.25, -0.2) is 4.99 Å². The van der Waals surface area contributed by atoms with E-state index in [4.69, 9.17) is 9.47 Å². The smallest absolute Gasteiger partial charge is 0.212 e. The summed E-state index contributed by atoms with van der Waals surface area (Å²) < 4.78 is 10.4. The van der Waals surface area contributed by atoms with E-state index >= 15 is 0 Å². The van der Waals surface area contributed by atoms with E-state index in [0.29, 0.717) is 17.0 Å². The minimum absolute atomic E-state index is 0.169. The number of methoxy groups -OCH3 is 2. The molecular formula is C22H19NO3. The van der Waals surface area contributed by atoms with Crippen LogP contribution in [-0.2, 0) is 0 Å². The van der Waals surface area contributed by atoms with Gasteiger partial charge in [0.15, 0.2) is 0 Å². The molecule has 4 heteroatoms. The number of carbonyl (C=O) groups is 1. The third kappa shape index (κ3) is 3.98. The second-order valence-electron chi connectivity index (χ2n) is 5.59. The number of ether oxygens (including phenoxy) is 2. The van der Waals surface area contributed by atoms with E-state index in [1.54, 1.807) is 38.5 Å². The van der Waals surface area contributed by atoms with E-state index < -0.39 is 0 Å². The standard InChI is InChI=1S/C22H19NO3/c1-25-19-13-11-16(12-14-19)21(23-18-8-4-3-5-9-18)22(24)17-7-6-10-20(15-17)26-2/h3-15H,1-2H3. The molecule has 26 heavy (non-hydrogen) atoms. The first-order valence-corrected chi connectivity index (χ1v) is 8.18. The Bertz CT molecular complexity index is 916. The van der Waals surface area contributed by atoms with Crippen LogP contribution in [0.1, 0.15) is 15.9 Å². The van der Waals surface area contributed by atoms with Gasteiger partial charge in [0.1, 0.15) is 17.2 Å². The van der Waals surface area contributed by atoms with Gasteiger partial charge in [-0.1, -0.05) is 30.3 Å². The summed E-state index contributed by atoms with van der Waals surface area (Å²) in [5.74, 6) is 1.18. The summed E-state index contributed by atoms with van der Waals surface area (Å²) in [4.78, 5) is 17.8. The fraction of sp³-hybridized carbons (Fsp3) is 0.0909. The average molecular weight is 345 g/mol. The van der Waals surface area contributed by atoms with Crippen molar-refractivity contribution in [2.75, 3.05) is 14.2 Å². The third-order valence-electron chi connectivity index (χ3n) is 3.91. The number of nitrogens with zero attached hydrogens (tertiary/aromatic N) is 1. The van der Waals surface area contributed by atoms with Crippen LogP contribution in [0.25, 0.3) is 0 Å². The molecular weight excluding hydrogens is 326 g/mol. The molecule has 0 aliphatic carbocycles. The zero-order valence-corrected chi connectivity index (χ0v) is 14.7. The topological polar surface area (TPSA) is 47.9 Å². The molecule has 0 atom stereocenters. The van der Waals surface area contributed by atoms with Crippen LogP contribution in [0.2, 0.25) is 0 Å². The number of benzene rings is 3. The lowest BCUT2D eigenvalue weighted by molar-refractivity contribution is 0.106. The number of aliphatic imine (C=N–C) groups is 1. The van der Waals surface area contributed by atoms with Gasteiger partial charge < -0.3 is 9.47 Å². The molecule has 0 unspecified atom stereocenters. The highest BCUT2D eigenvalue weighted by Crippen LogP contribution is 2.20. The van der Waals surface area contributed by atoms with Gasteiger partial charge in [-0.2, -0.15) is 0 Å². The Kier molecular flexibility index (Phi) is 5.44. The van der Waals surface area contributed by atoms with E-state index in [0.717, 1.165) is 17.0 Å². The predicted octanol–water partition coefficient (Wildman–Crippen LogP) is 4.71. The van der Waals surface area contributed by atoms with E-state index in [1.165, 1.54) is 0 Å². The molecule has 0 N–H and O–H groups in total. The first-order valence-electron chi connectivity index (χ1n) is 8.18. The van der Waals surface area contributed by atoms with Crippen LogP contribution in [0.5, 0.6) is 11.5 Å². The van der Waals surface area contributed by atoms with E-state index in [-0.39, 0.29) is 5.78 Å². The normalized spacial score (nSPS) is 11.1. The number of para-hydroxylation sites is 1. The summed E-state index contributed by atoms with van der Waals surface area (Å²) in [6.07, 6.45) is 0. The molecule has 130 valence electrons. The summed E-state index contributed by atoms with van der Waals surface area (Å²) in [7, 11) is 3.18. The number of ketones is 1. The Morgan fingerprint density at radius 3 is 2.08 bits per heavy atom. The van der Waals surface area contributed by atoms with Gasteiger partial charge in [0.2, 0.25) is 5.78 Å². The highest BCUT2D eigenvalue weighted by molar-refractivity contribution is 6.51. The first-order chi connectivity index (χ1) is 12.7. The number of carbonyl (C=O) groups excluding carboxylic acids is 1. The maximum Gasteiger partial charge on any atom is 0.212 e. The van der Waals surface area contributed by atoms with E-state index in [1.807, 2.05) is 54.6 Å². The van der Waals surface area contributed by atoms with Crippen molar-refractivity contribution in [3.63, 3.8) is 0 Å². The van der Waals surface area contributed by atoms with Crippen LogP contribution in [0, 0.1) is 0 Å². The quantitative estimate of drug-likeness (QED) is 0.480. The maximum atomic E-state index is 13.2. The molecule has 0 saturated carbocycles. The van der Waals surface area contributed by atoms with Gasteiger partial charge in [0.25, 0.3) is 0 Å². The fourth-order valence-corrected chi connectivity index (χ4v) is 2.53. The lowest BCUT2D eigenvalue weighted by Crippen LogP contribution is -2.16. The van der Waals surface area contributed by atoms with Crippen LogP contribution in [0.4, 0.5) is 5.69 Å². The number of hydrogen-bond donors (Lipinski definition) is 0. The number of Topliss-reactive ketones (excluding diaryl/α,β-unsaturated/α-hetero) is 1. The highest BCUT2D eigenvalue weighted by atomic mass is 16.5. The Labute approximate surface area is 152 Å². The fourth-order valence-electron chi connectivity index (χ4n) is 2.53. The molecule has 0 amide bonds. The van der Waals surface area contributed by atoms with E-state index in [9.17, 15) is 4.79 Å². The van der Waals surface area contributed by atoms with Crippen LogP contribution < -0.4 is 9.47 Å². The van der Waals surface area contributed by atoms with E-state index in [2.05, 4.69) is 4.99 Å². The second kappa shape index (κ2) is 8.12. The van der Waals surface area contributed by atoms with Crippen molar-refractivity contribution >= 4 is 17.2 Å². The molecule has 0 bridgehead atoms. The Morgan fingerprint density at radius 1 is 0.731 bits per heavy atom. The SMILES string of the molecule is COc1ccc(C(=Nc2ccccc2)C(=O)c2cccc(OC)c2)cc1. The van der Waals surface area contributed by atoms with Crippen molar-refractivity contribution in [2.24, 2.45) is 4.99 Å².